The van der Waals surface area contributed by atoms with Crippen LogP contribution in [-0.2, 0) is 0 Å². The molecule has 2 aromatic rings. The molecule has 1 aliphatic carbocycles. The fraction of sp³-hybridized carbons (Fsp3) is 0.522. The van der Waals surface area contributed by atoms with Crippen LogP contribution in [0.1, 0.15) is 48.9 Å². The molecule has 166 valence electrons. The smallest absolute Gasteiger partial charge is 0.259 e. The Bertz CT molecular complexity index is 865. The van der Waals surface area contributed by atoms with E-state index in [1.54, 1.807) is 11.1 Å². The molecule has 1 aromatic carbocycles. The zero-order valence-corrected chi connectivity index (χ0v) is 19.2. The summed E-state index contributed by atoms with van der Waals surface area (Å²) in [7, 11) is 0. The fourth-order valence-corrected chi connectivity index (χ4v) is 4.59. The maximum atomic E-state index is 13.5. The van der Waals surface area contributed by atoms with Crippen LogP contribution in [0.3, 0.4) is 0 Å². The van der Waals surface area contributed by atoms with E-state index in [9.17, 15) is 9.90 Å². The molecular weight excluding hydrogens is 458 g/mol. The Morgan fingerprint density at radius 2 is 1.81 bits per heavy atom. The Kier molecular flexibility index (Phi) is 7.53. The van der Waals surface area contributed by atoms with Gasteiger partial charge in [-0.05, 0) is 87.9 Å². The van der Waals surface area contributed by atoms with Crippen LogP contribution in [0.5, 0.6) is 0 Å². The summed E-state index contributed by atoms with van der Waals surface area (Å²) in [6.07, 6.45) is 6.98. The zero-order chi connectivity index (χ0) is 21.6. The monoisotopic (exact) mass is 487 g/mol. The van der Waals surface area contributed by atoms with Crippen molar-refractivity contribution >= 4 is 33.6 Å². The Balaban J connectivity index is 1.55. The summed E-state index contributed by atoms with van der Waals surface area (Å²) in [4.78, 5) is 24.4. The summed E-state index contributed by atoms with van der Waals surface area (Å²) in [6.45, 7) is 2.60. The normalized spacial score (nSPS) is 22.1. The number of hydrogen-bond acceptors (Lipinski definition) is 6. The molecule has 4 rings (SSSR count). The van der Waals surface area contributed by atoms with E-state index in [0.29, 0.717) is 29.8 Å². The lowest BCUT2D eigenvalue weighted by molar-refractivity contribution is 0.0980. The van der Waals surface area contributed by atoms with Crippen molar-refractivity contribution in [2.75, 3.05) is 29.9 Å². The van der Waals surface area contributed by atoms with E-state index < -0.39 is 0 Å². The first-order valence-corrected chi connectivity index (χ1v) is 11.9. The number of carbonyl (C=O) groups excluding carboxylic acids is 1. The molecule has 1 amide bonds. The van der Waals surface area contributed by atoms with E-state index >= 15 is 0 Å². The Morgan fingerprint density at radius 3 is 2.52 bits per heavy atom. The van der Waals surface area contributed by atoms with E-state index in [1.807, 2.05) is 30.3 Å². The minimum Gasteiger partial charge on any atom is -0.393 e. The Hall–Kier alpha value is -2.03. The van der Waals surface area contributed by atoms with Crippen LogP contribution in [0.4, 0.5) is 11.8 Å². The maximum Gasteiger partial charge on any atom is 0.259 e. The first kappa shape index (κ1) is 22.2. The van der Waals surface area contributed by atoms with Crippen molar-refractivity contribution in [3.8, 4) is 0 Å². The lowest BCUT2D eigenvalue weighted by atomic mass is 9.93. The number of aromatic nitrogens is 2. The van der Waals surface area contributed by atoms with Crippen molar-refractivity contribution < 1.29 is 9.90 Å². The van der Waals surface area contributed by atoms with Gasteiger partial charge < -0.3 is 15.7 Å². The third-order valence-corrected chi connectivity index (χ3v) is 6.71. The molecule has 0 atom stereocenters. The molecule has 2 fully saturated rings. The van der Waals surface area contributed by atoms with Crippen LogP contribution in [0.15, 0.2) is 41.0 Å². The largest absolute Gasteiger partial charge is 0.393 e. The highest BCUT2D eigenvalue weighted by molar-refractivity contribution is 9.10. The molecule has 2 aliphatic rings. The molecule has 1 saturated heterocycles. The summed E-state index contributed by atoms with van der Waals surface area (Å²) >= 11 is 3.44. The van der Waals surface area contributed by atoms with E-state index in [2.05, 4.69) is 31.5 Å². The topological polar surface area (TPSA) is 90.4 Å². The van der Waals surface area contributed by atoms with E-state index in [1.165, 1.54) is 0 Å². The minimum absolute atomic E-state index is 0.0449. The number of nitrogens with one attached hydrogen (secondary N) is 2. The van der Waals surface area contributed by atoms with Gasteiger partial charge in [-0.15, -0.1) is 0 Å². The van der Waals surface area contributed by atoms with Crippen molar-refractivity contribution in [2.24, 2.45) is 5.92 Å². The maximum absolute atomic E-state index is 13.5. The van der Waals surface area contributed by atoms with Gasteiger partial charge in [0.2, 0.25) is 5.95 Å². The summed E-state index contributed by atoms with van der Waals surface area (Å²) in [5.74, 6) is 1.56. The molecule has 0 bridgehead atoms. The number of benzene rings is 1. The fourth-order valence-electron chi connectivity index (χ4n) is 4.32. The number of carbonyl (C=O) groups is 1. The van der Waals surface area contributed by atoms with Crippen LogP contribution in [0.2, 0.25) is 0 Å². The van der Waals surface area contributed by atoms with Crippen molar-refractivity contribution in [1.82, 2.24) is 15.3 Å². The van der Waals surface area contributed by atoms with Crippen molar-refractivity contribution in [3.05, 3.63) is 46.6 Å². The lowest BCUT2D eigenvalue weighted by Crippen LogP contribution is -2.40. The number of amides is 1. The lowest BCUT2D eigenvalue weighted by Gasteiger charge is -2.30. The number of halogens is 1. The Labute approximate surface area is 191 Å². The second-order valence-electron chi connectivity index (χ2n) is 8.50. The summed E-state index contributed by atoms with van der Waals surface area (Å²) in [5.41, 5.74) is 0.645. The quantitative estimate of drug-likeness (QED) is 0.576. The zero-order valence-electron chi connectivity index (χ0n) is 17.6. The van der Waals surface area contributed by atoms with Crippen molar-refractivity contribution in [2.45, 2.75) is 50.7 Å². The van der Waals surface area contributed by atoms with E-state index in [-0.39, 0.29) is 18.1 Å². The average Bonchev–Trinajstić information content (AvgIpc) is 2.80. The molecule has 0 unspecified atom stereocenters. The van der Waals surface area contributed by atoms with Gasteiger partial charge in [-0.1, -0.05) is 15.9 Å². The van der Waals surface area contributed by atoms with Gasteiger partial charge in [0.1, 0.15) is 5.82 Å². The summed E-state index contributed by atoms with van der Waals surface area (Å²) < 4.78 is 0.945. The molecule has 1 aromatic heterocycles. The molecular formula is C23H30BrN5O2. The number of hydrogen-bond donors (Lipinski definition) is 3. The highest BCUT2D eigenvalue weighted by Gasteiger charge is 2.25. The van der Waals surface area contributed by atoms with Gasteiger partial charge in [-0.3, -0.25) is 9.69 Å². The third-order valence-electron chi connectivity index (χ3n) is 6.18. The minimum atomic E-state index is -0.200. The van der Waals surface area contributed by atoms with Crippen molar-refractivity contribution in [3.63, 3.8) is 0 Å². The van der Waals surface area contributed by atoms with Gasteiger partial charge in [0.05, 0.1) is 6.10 Å². The molecule has 1 saturated carbocycles. The standard InChI is InChI=1S/C23H30BrN5O2/c24-18-3-1-17(2-4-18)22(31)29(15-16-9-12-25-13-10-16)21-11-14-26-23(28-21)27-19-5-7-20(30)8-6-19/h1-4,11,14,16,19-20,25,30H,5-10,12-13,15H2,(H,26,27,28). The first-order valence-electron chi connectivity index (χ1n) is 11.1. The van der Waals surface area contributed by atoms with Crippen LogP contribution >= 0.6 is 15.9 Å². The molecule has 31 heavy (non-hydrogen) atoms. The van der Waals surface area contributed by atoms with E-state index in [0.717, 1.165) is 56.1 Å². The van der Waals surface area contributed by atoms with E-state index in [4.69, 9.17) is 4.98 Å². The van der Waals surface area contributed by atoms with Crippen LogP contribution in [-0.4, -0.2) is 52.8 Å². The number of piperidine rings is 1. The van der Waals surface area contributed by atoms with Crippen molar-refractivity contribution in [1.29, 1.82) is 0 Å². The highest BCUT2D eigenvalue weighted by Crippen LogP contribution is 2.24. The molecule has 1 aliphatic heterocycles. The van der Waals surface area contributed by atoms with Gasteiger partial charge >= 0.3 is 0 Å². The average molecular weight is 488 g/mol. The predicted molar refractivity (Wildman–Crippen MR) is 125 cm³/mol. The Morgan fingerprint density at radius 1 is 1.10 bits per heavy atom. The third kappa shape index (κ3) is 6.02. The number of nitrogens with zero attached hydrogens (tertiary/aromatic N) is 3. The first-order chi connectivity index (χ1) is 15.1. The van der Waals surface area contributed by atoms with Gasteiger partial charge in [0, 0.05) is 28.8 Å². The van der Waals surface area contributed by atoms with Gasteiger partial charge in [-0.25, -0.2) is 4.98 Å². The second kappa shape index (κ2) is 10.5. The SMILES string of the molecule is O=C(c1ccc(Br)cc1)N(CC1CCNCC1)c1ccnc(NC2CCC(O)CC2)n1. The molecule has 8 heteroatoms. The van der Waals surface area contributed by atoms with Gasteiger partial charge in [-0.2, -0.15) is 4.98 Å². The van der Waals surface area contributed by atoms with Crippen LogP contribution in [0, 0.1) is 5.92 Å². The van der Waals surface area contributed by atoms with Gasteiger partial charge in [0.25, 0.3) is 5.91 Å². The molecule has 0 spiro atoms. The van der Waals surface area contributed by atoms with Crippen LogP contribution in [0.25, 0.3) is 0 Å². The predicted octanol–water partition coefficient (Wildman–Crippen LogP) is 3.60. The molecule has 3 N–H and O–H groups in total. The summed E-state index contributed by atoms with van der Waals surface area (Å²) in [5, 5.41) is 16.5. The van der Waals surface area contributed by atoms with Crippen LogP contribution < -0.4 is 15.5 Å². The molecule has 7 nitrogen and oxygen atoms in total. The second-order valence-corrected chi connectivity index (χ2v) is 9.42. The molecule has 0 radical (unpaired) electrons. The number of anilines is 2. The number of aliphatic hydroxyl groups excluding tert-OH is 1. The molecule has 2 heterocycles. The number of rotatable bonds is 6. The highest BCUT2D eigenvalue weighted by atomic mass is 79.9. The van der Waals surface area contributed by atoms with Gasteiger partial charge in [0.15, 0.2) is 0 Å². The summed E-state index contributed by atoms with van der Waals surface area (Å²) in [6, 6.07) is 9.53. The number of aliphatic hydroxyl groups is 1.